The van der Waals surface area contributed by atoms with Crippen molar-refractivity contribution in [2.45, 2.75) is 25.3 Å². The van der Waals surface area contributed by atoms with Crippen LogP contribution in [-0.4, -0.2) is 30.3 Å². The van der Waals surface area contributed by atoms with E-state index in [0.29, 0.717) is 29.2 Å². The molecule has 0 N–H and O–H groups in total. The van der Waals surface area contributed by atoms with Crippen LogP contribution in [0.15, 0.2) is 51.7 Å². The summed E-state index contributed by atoms with van der Waals surface area (Å²) in [5.74, 6) is -0.837. The molecule has 7 heteroatoms. The molecule has 1 spiro atoms. The van der Waals surface area contributed by atoms with Crippen molar-refractivity contribution in [3.05, 3.63) is 74.6 Å². The summed E-state index contributed by atoms with van der Waals surface area (Å²) in [6, 6.07) is 12.0. The molecule has 0 saturated carbocycles. The van der Waals surface area contributed by atoms with E-state index in [-0.39, 0.29) is 28.2 Å². The molecule has 152 valence electrons. The Bertz CT molecular complexity index is 1300. The Kier molecular flexibility index (Phi) is 4.05. The number of hydrogen-bond donors (Lipinski definition) is 0. The van der Waals surface area contributed by atoms with E-state index in [9.17, 15) is 14.4 Å². The molecule has 1 atom stereocenters. The second-order valence-corrected chi connectivity index (χ2v) is 8.11. The number of para-hydroxylation sites is 1. The van der Waals surface area contributed by atoms with E-state index in [4.69, 9.17) is 16.0 Å². The van der Waals surface area contributed by atoms with Crippen molar-refractivity contribution in [2.75, 3.05) is 18.5 Å². The van der Waals surface area contributed by atoms with Crippen LogP contribution in [0.4, 0.5) is 5.69 Å². The van der Waals surface area contributed by atoms with Gasteiger partial charge in [0.25, 0.3) is 11.8 Å². The Morgan fingerprint density at radius 3 is 2.63 bits per heavy atom. The highest BCUT2D eigenvalue weighted by atomic mass is 35.5. The molecule has 3 heterocycles. The van der Waals surface area contributed by atoms with Crippen LogP contribution in [-0.2, 0) is 10.3 Å². The van der Waals surface area contributed by atoms with Crippen molar-refractivity contribution in [1.82, 2.24) is 4.90 Å². The lowest BCUT2D eigenvalue weighted by Crippen LogP contribution is -2.53. The number of fused-ring (bicyclic) bond motifs is 5. The molecule has 5 rings (SSSR count). The average molecular weight is 423 g/mol. The number of benzene rings is 2. The van der Waals surface area contributed by atoms with Crippen LogP contribution >= 0.6 is 11.6 Å². The predicted molar refractivity (Wildman–Crippen MR) is 114 cm³/mol. The number of halogens is 1. The second-order valence-electron chi connectivity index (χ2n) is 7.68. The maximum absolute atomic E-state index is 13.7. The van der Waals surface area contributed by atoms with Crippen molar-refractivity contribution in [2.24, 2.45) is 0 Å². The van der Waals surface area contributed by atoms with Crippen LogP contribution in [0, 0.1) is 0 Å². The van der Waals surface area contributed by atoms with Gasteiger partial charge in [-0.1, -0.05) is 43.1 Å². The number of nitrogens with zero attached hydrogens (tertiary/aromatic N) is 2. The van der Waals surface area contributed by atoms with E-state index >= 15 is 0 Å². The number of likely N-dealkylation sites (N-methyl/N-ethyl adjacent to an activating group) is 1. The maximum Gasteiger partial charge on any atom is 0.291 e. The Balaban J connectivity index is 1.93. The summed E-state index contributed by atoms with van der Waals surface area (Å²) >= 11 is 6.12. The standard InChI is InChI=1S/C23H19ClN2O4/c1-3-4-11-26-21(28)20-18(19(27)14-12-13(24)9-10-17(14)30-20)23(26)15-7-5-6-8-16(15)25(2)22(23)29/h5-10,12H,3-4,11H2,1-2H3. The maximum atomic E-state index is 13.7. The highest BCUT2D eigenvalue weighted by Crippen LogP contribution is 2.52. The Morgan fingerprint density at radius 2 is 1.87 bits per heavy atom. The average Bonchev–Trinajstić information content (AvgIpc) is 3.12. The van der Waals surface area contributed by atoms with Gasteiger partial charge in [0.05, 0.1) is 10.9 Å². The molecule has 2 aliphatic heterocycles. The summed E-state index contributed by atoms with van der Waals surface area (Å²) < 4.78 is 5.93. The third-order valence-corrected chi connectivity index (χ3v) is 6.30. The molecular formula is C23H19ClN2O4. The quantitative estimate of drug-likeness (QED) is 0.641. The van der Waals surface area contributed by atoms with Crippen LogP contribution in [0.25, 0.3) is 11.0 Å². The van der Waals surface area contributed by atoms with Gasteiger partial charge in [0, 0.05) is 29.9 Å². The van der Waals surface area contributed by atoms with Crippen LogP contribution in [0.2, 0.25) is 5.02 Å². The fourth-order valence-electron chi connectivity index (χ4n) is 4.68. The predicted octanol–water partition coefficient (Wildman–Crippen LogP) is 3.92. The van der Waals surface area contributed by atoms with E-state index in [0.717, 1.165) is 6.42 Å². The van der Waals surface area contributed by atoms with Crippen LogP contribution < -0.4 is 10.3 Å². The van der Waals surface area contributed by atoms with Crippen molar-refractivity contribution >= 4 is 40.1 Å². The van der Waals surface area contributed by atoms with Gasteiger partial charge in [0.2, 0.25) is 5.76 Å². The largest absolute Gasteiger partial charge is 0.450 e. The summed E-state index contributed by atoms with van der Waals surface area (Å²) in [6.45, 7) is 2.35. The van der Waals surface area contributed by atoms with Gasteiger partial charge in [-0.25, -0.2) is 0 Å². The lowest BCUT2D eigenvalue weighted by Gasteiger charge is -2.33. The van der Waals surface area contributed by atoms with E-state index in [1.807, 2.05) is 25.1 Å². The smallest absolute Gasteiger partial charge is 0.291 e. The molecule has 0 fully saturated rings. The first kappa shape index (κ1) is 18.9. The molecule has 30 heavy (non-hydrogen) atoms. The van der Waals surface area contributed by atoms with E-state index in [1.54, 1.807) is 25.2 Å². The van der Waals surface area contributed by atoms with Crippen molar-refractivity contribution in [1.29, 1.82) is 0 Å². The topological polar surface area (TPSA) is 70.8 Å². The Morgan fingerprint density at radius 1 is 1.10 bits per heavy atom. The first-order valence-electron chi connectivity index (χ1n) is 9.89. The lowest BCUT2D eigenvalue weighted by molar-refractivity contribution is -0.125. The number of hydrogen-bond acceptors (Lipinski definition) is 4. The van der Waals surface area contributed by atoms with Crippen LogP contribution in [0.1, 0.15) is 41.4 Å². The minimum atomic E-state index is -1.52. The number of amides is 2. The van der Waals surface area contributed by atoms with Crippen molar-refractivity contribution < 1.29 is 14.0 Å². The molecule has 2 amide bonds. The van der Waals surface area contributed by atoms with Gasteiger partial charge in [-0.05, 0) is 30.7 Å². The summed E-state index contributed by atoms with van der Waals surface area (Å²) in [7, 11) is 1.66. The molecule has 2 aliphatic rings. The number of anilines is 1. The van der Waals surface area contributed by atoms with E-state index in [1.165, 1.54) is 15.9 Å². The zero-order valence-corrected chi connectivity index (χ0v) is 17.3. The van der Waals surface area contributed by atoms with Crippen molar-refractivity contribution in [3.8, 4) is 0 Å². The van der Waals surface area contributed by atoms with Gasteiger partial charge in [-0.3, -0.25) is 14.4 Å². The molecule has 0 bridgehead atoms. The molecule has 2 aromatic carbocycles. The zero-order valence-electron chi connectivity index (χ0n) is 16.6. The summed E-state index contributed by atoms with van der Waals surface area (Å²) in [4.78, 5) is 43.9. The zero-order chi connectivity index (χ0) is 21.2. The molecule has 0 aliphatic carbocycles. The first-order chi connectivity index (χ1) is 14.4. The summed E-state index contributed by atoms with van der Waals surface area (Å²) in [6.07, 6.45) is 1.53. The number of carbonyl (C=O) groups excluding carboxylic acids is 2. The number of unbranched alkanes of at least 4 members (excludes halogenated alkanes) is 1. The van der Waals surface area contributed by atoms with E-state index < -0.39 is 16.9 Å². The second kappa shape index (κ2) is 6.44. The monoisotopic (exact) mass is 422 g/mol. The lowest BCUT2D eigenvalue weighted by atomic mass is 9.84. The molecular weight excluding hydrogens is 404 g/mol. The molecule has 1 aromatic heterocycles. The Hall–Kier alpha value is -3.12. The van der Waals surface area contributed by atoms with Gasteiger partial charge in [-0.2, -0.15) is 0 Å². The first-order valence-corrected chi connectivity index (χ1v) is 10.3. The van der Waals surface area contributed by atoms with Gasteiger partial charge in [-0.15, -0.1) is 0 Å². The molecule has 1 unspecified atom stereocenters. The minimum absolute atomic E-state index is 0.0654. The fourth-order valence-corrected chi connectivity index (χ4v) is 4.86. The highest BCUT2D eigenvalue weighted by molar-refractivity contribution is 6.31. The van der Waals surface area contributed by atoms with Gasteiger partial charge < -0.3 is 14.2 Å². The molecule has 0 saturated heterocycles. The van der Waals surface area contributed by atoms with Crippen molar-refractivity contribution in [3.63, 3.8) is 0 Å². The Labute approximate surface area is 177 Å². The molecule has 6 nitrogen and oxygen atoms in total. The molecule has 0 radical (unpaired) electrons. The highest BCUT2D eigenvalue weighted by Gasteiger charge is 2.64. The number of carbonyl (C=O) groups is 2. The SMILES string of the molecule is CCCCN1C(=O)c2oc3ccc(Cl)cc3c(=O)c2C12C(=O)N(C)c1ccccc12. The van der Waals surface area contributed by atoms with E-state index in [2.05, 4.69) is 0 Å². The normalized spacial score (nSPS) is 19.8. The third kappa shape index (κ3) is 2.17. The van der Waals surface area contributed by atoms with Crippen LogP contribution in [0.3, 0.4) is 0 Å². The van der Waals surface area contributed by atoms with Gasteiger partial charge in [0.1, 0.15) is 5.58 Å². The number of rotatable bonds is 3. The van der Waals surface area contributed by atoms with Crippen LogP contribution in [0.5, 0.6) is 0 Å². The van der Waals surface area contributed by atoms with Gasteiger partial charge in [0.15, 0.2) is 11.0 Å². The van der Waals surface area contributed by atoms with Gasteiger partial charge >= 0.3 is 0 Å². The summed E-state index contributed by atoms with van der Waals surface area (Å²) in [5, 5.41) is 0.636. The summed E-state index contributed by atoms with van der Waals surface area (Å²) in [5.41, 5.74) is -0.273. The molecule has 3 aromatic rings. The fraction of sp³-hybridized carbons (Fsp3) is 0.261. The third-order valence-electron chi connectivity index (χ3n) is 6.06. The minimum Gasteiger partial charge on any atom is -0.450 e.